The summed E-state index contributed by atoms with van der Waals surface area (Å²) in [4.78, 5) is 18.9. The lowest BCUT2D eigenvalue weighted by Crippen LogP contribution is -2.49. The summed E-state index contributed by atoms with van der Waals surface area (Å²) in [6.07, 6.45) is 3.32. The predicted octanol–water partition coefficient (Wildman–Crippen LogP) is 2.19. The molecular formula is C19H30FN5O. The molecular weight excluding hydrogens is 333 g/mol. The van der Waals surface area contributed by atoms with Crippen molar-refractivity contribution in [3.05, 3.63) is 30.1 Å². The van der Waals surface area contributed by atoms with Gasteiger partial charge in [-0.15, -0.1) is 0 Å². The van der Waals surface area contributed by atoms with Crippen molar-refractivity contribution in [2.75, 3.05) is 38.0 Å². The number of carbonyl (C=O) groups excluding carboxylic acids is 1. The largest absolute Gasteiger partial charge is 0.357 e. The standard InChI is InChI=1S/C19H30FN5O/c1-3-10-25-11-8-16(9-12-25)24-19(21-4-2)22-14-18(26)23-17-7-5-6-15(20)13-17/h5-7,13,16H,3-4,8-12,14H2,1-2H3,(H,23,26)(H2,21,22,24). The molecule has 7 heteroatoms. The van der Waals surface area contributed by atoms with E-state index >= 15 is 0 Å². The second kappa shape index (κ2) is 10.8. The Hall–Kier alpha value is -2.15. The Bertz CT molecular complexity index is 599. The summed E-state index contributed by atoms with van der Waals surface area (Å²) in [7, 11) is 0. The van der Waals surface area contributed by atoms with Crippen molar-refractivity contribution in [1.29, 1.82) is 0 Å². The molecule has 2 rings (SSSR count). The topological polar surface area (TPSA) is 68.8 Å². The van der Waals surface area contributed by atoms with Crippen LogP contribution in [0.4, 0.5) is 10.1 Å². The van der Waals surface area contributed by atoms with Gasteiger partial charge in [-0.25, -0.2) is 9.38 Å². The van der Waals surface area contributed by atoms with E-state index in [1.807, 2.05) is 6.92 Å². The quantitative estimate of drug-likeness (QED) is 0.513. The smallest absolute Gasteiger partial charge is 0.246 e. The number of nitrogens with one attached hydrogen (secondary N) is 3. The summed E-state index contributed by atoms with van der Waals surface area (Å²) in [6, 6.07) is 6.21. The van der Waals surface area contributed by atoms with Crippen LogP contribution >= 0.6 is 0 Å². The summed E-state index contributed by atoms with van der Waals surface area (Å²) < 4.78 is 13.2. The van der Waals surface area contributed by atoms with E-state index in [-0.39, 0.29) is 18.3 Å². The molecule has 1 aromatic carbocycles. The van der Waals surface area contributed by atoms with Gasteiger partial charge >= 0.3 is 0 Å². The molecule has 0 aliphatic carbocycles. The van der Waals surface area contributed by atoms with Gasteiger partial charge in [0.25, 0.3) is 0 Å². The normalized spacial score (nSPS) is 16.3. The van der Waals surface area contributed by atoms with Gasteiger partial charge in [0.05, 0.1) is 0 Å². The highest BCUT2D eigenvalue weighted by Crippen LogP contribution is 2.11. The van der Waals surface area contributed by atoms with Crippen LogP contribution in [0.5, 0.6) is 0 Å². The maximum Gasteiger partial charge on any atom is 0.246 e. The highest BCUT2D eigenvalue weighted by Gasteiger charge is 2.19. The van der Waals surface area contributed by atoms with E-state index < -0.39 is 0 Å². The third kappa shape index (κ3) is 7.00. The highest BCUT2D eigenvalue weighted by atomic mass is 19.1. The maximum atomic E-state index is 13.2. The fraction of sp³-hybridized carbons (Fsp3) is 0.579. The molecule has 0 radical (unpaired) electrons. The molecule has 0 atom stereocenters. The van der Waals surface area contributed by atoms with Crippen molar-refractivity contribution in [1.82, 2.24) is 15.5 Å². The lowest BCUT2D eigenvalue weighted by molar-refractivity contribution is -0.114. The molecule has 1 amide bonds. The molecule has 1 aliphatic rings. The van der Waals surface area contributed by atoms with Crippen LogP contribution in [0.1, 0.15) is 33.1 Å². The Labute approximate surface area is 155 Å². The zero-order valence-electron chi connectivity index (χ0n) is 15.7. The van der Waals surface area contributed by atoms with Gasteiger partial charge in [-0.1, -0.05) is 13.0 Å². The molecule has 0 bridgehead atoms. The Morgan fingerprint density at radius 1 is 1.31 bits per heavy atom. The fourth-order valence-electron chi connectivity index (χ4n) is 3.05. The summed E-state index contributed by atoms with van der Waals surface area (Å²) in [5, 5.41) is 9.26. The molecule has 0 aromatic heterocycles. The number of guanidine groups is 1. The Morgan fingerprint density at radius 3 is 2.73 bits per heavy atom. The van der Waals surface area contributed by atoms with Gasteiger partial charge in [-0.05, 0) is 50.9 Å². The lowest BCUT2D eigenvalue weighted by Gasteiger charge is -2.32. The molecule has 1 aliphatic heterocycles. The molecule has 144 valence electrons. The zero-order chi connectivity index (χ0) is 18.8. The molecule has 26 heavy (non-hydrogen) atoms. The molecule has 0 unspecified atom stereocenters. The number of carbonyl (C=O) groups is 1. The van der Waals surface area contributed by atoms with Gasteiger partial charge < -0.3 is 20.9 Å². The van der Waals surface area contributed by atoms with E-state index in [1.54, 1.807) is 12.1 Å². The minimum atomic E-state index is -0.379. The van der Waals surface area contributed by atoms with Crippen LogP contribution in [0, 0.1) is 5.82 Å². The minimum Gasteiger partial charge on any atom is -0.357 e. The van der Waals surface area contributed by atoms with Crippen molar-refractivity contribution in [2.45, 2.75) is 39.2 Å². The number of likely N-dealkylation sites (tertiary alicyclic amines) is 1. The first-order chi connectivity index (χ1) is 12.6. The number of rotatable bonds is 7. The molecule has 1 fully saturated rings. The van der Waals surface area contributed by atoms with E-state index in [9.17, 15) is 9.18 Å². The van der Waals surface area contributed by atoms with Gasteiger partial charge in [0.1, 0.15) is 12.4 Å². The third-order valence-corrected chi connectivity index (χ3v) is 4.30. The number of amides is 1. The summed E-state index contributed by atoms with van der Waals surface area (Å²) >= 11 is 0. The number of nitrogens with zero attached hydrogens (tertiary/aromatic N) is 2. The van der Waals surface area contributed by atoms with Crippen molar-refractivity contribution >= 4 is 17.6 Å². The van der Waals surface area contributed by atoms with E-state index in [0.717, 1.165) is 39.0 Å². The summed E-state index contributed by atoms with van der Waals surface area (Å²) in [5.41, 5.74) is 0.437. The first-order valence-corrected chi connectivity index (χ1v) is 9.43. The van der Waals surface area contributed by atoms with Gasteiger partial charge in [0, 0.05) is 31.4 Å². The number of halogens is 1. The Morgan fingerprint density at radius 2 is 2.08 bits per heavy atom. The molecule has 0 spiro atoms. The monoisotopic (exact) mass is 363 g/mol. The van der Waals surface area contributed by atoms with Crippen LogP contribution in [0.2, 0.25) is 0 Å². The SMILES string of the molecule is CCCN1CCC(NC(=NCC(=O)Nc2cccc(F)c2)NCC)CC1. The highest BCUT2D eigenvalue weighted by molar-refractivity contribution is 5.94. The predicted molar refractivity (Wildman–Crippen MR) is 104 cm³/mol. The van der Waals surface area contributed by atoms with Gasteiger partial charge in [-0.3, -0.25) is 4.79 Å². The second-order valence-electron chi connectivity index (χ2n) is 6.51. The average molecular weight is 363 g/mol. The first kappa shape index (κ1) is 20.2. The third-order valence-electron chi connectivity index (χ3n) is 4.30. The zero-order valence-corrected chi connectivity index (χ0v) is 15.7. The van der Waals surface area contributed by atoms with Gasteiger partial charge in [-0.2, -0.15) is 0 Å². The van der Waals surface area contributed by atoms with Crippen LogP contribution in [0.3, 0.4) is 0 Å². The fourth-order valence-corrected chi connectivity index (χ4v) is 3.05. The van der Waals surface area contributed by atoms with E-state index in [1.165, 1.54) is 18.6 Å². The molecule has 1 saturated heterocycles. The number of piperidine rings is 1. The molecule has 0 saturated carbocycles. The second-order valence-corrected chi connectivity index (χ2v) is 6.51. The Kier molecular flexibility index (Phi) is 8.34. The molecule has 3 N–H and O–H groups in total. The number of benzene rings is 1. The Balaban J connectivity index is 1.83. The van der Waals surface area contributed by atoms with Crippen molar-refractivity contribution in [2.24, 2.45) is 4.99 Å². The van der Waals surface area contributed by atoms with E-state index in [4.69, 9.17) is 0 Å². The van der Waals surface area contributed by atoms with E-state index in [0.29, 0.717) is 17.7 Å². The van der Waals surface area contributed by atoms with E-state index in [2.05, 4.69) is 32.8 Å². The van der Waals surface area contributed by atoms with Crippen molar-refractivity contribution in [3.63, 3.8) is 0 Å². The van der Waals surface area contributed by atoms with Gasteiger partial charge in [0.2, 0.25) is 5.91 Å². The number of hydrogen-bond donors (Lipinski definition) is 3. The van der Waals surface area contributed by atoms with Crippen LogP contribution in [0.15, 0.2) is 29.3 Å². The number of anilines is 1. The molecule has 1 heterocycles. The van der Waals surface area contributed by atoms with Crippen LogP contribution in [0.25, 0.3) is 0 Å². The lowest BCUT2D eigenvalue weighted by atomic mass is 10.1. The maximum absolute atomic E-state index is 13.2. The van der Waals surface area contributed by atoms with Crippen LogP contribution in [-0.4, -0.2) is 55.5 Å². The summed E-state index contributed by atoms with van der Waals surface area (Å²) in [5.74, 6) is -0.00266. The molecule has 6 nitrogen and oxygen atoms in total. The first-order valence-electron chi connectivity index (χ1n) is 9.43. The number of aliphatic imine (C=N–C) groups is 1. The van der Waals surface area contributed by atoms with Crippen molar-refractivity contribution < 1.29 is 9.18 Å². The van der Waals surface area contributed by atoms with Crippen LogP contribution < -0.4 is 16.0 Å². The number of hydrogen-bond acceptors (Lipinski definition) is 3. The molecule has 1 aromatic rings. The van der Waals surface area contributed by atoms with Crippen molar-refractivity contribution in [3.8, 4) is 0 Å². The van der Waals surface area contributed by atoms with Crippen LogP contribution in [-0.2, 0) is 4.79 Å². The minimum absolute atomic E-state index is 0.0134. The summed E-state index contributed by atoms with van der Waals surface area (Å²) in [6.45, 7) is 8.24. The van der Waals surface area contributed by atoms with Gasteiger partial charge in [0.15, 0.2) is 5.96 Å². The average Bonchev–Trinajstić information content (AvgIpc) is 2.62.